The van der Waals surface area contributed by atoms with Crippen LogP contribution in [0.25, 0.3) is 11.3 Å². The van der Waals surface area contributed by atoms with Gasteiger partial charge in [0.25, 0.3) is 0 Å². The van der Waals surface area contributed by atoms with E-state index in [0.717, 1.165) is 24.3 Å². The first-order valence-corrected chi connectivity index (χ1v) is 8.87. The van der Waals surface area contributed by atoms with Crippen molar-refractivity contribution >= 4 is 0 Å². The Labute approximate surface area is 148 Å². The minimum atomic E-state index is 0.435. The molecule has 0 aromatic carbocycles. The summed E-state index contributed by atoms with van der Waals surface area (Å²) in [6.45, 7) is 2.08. The summed E-state index contributed by atoms with van der Waals surface area (Å²) in [5.41, 5.74) is 4.61. The van der Waals surface area contributed by atoms with Crippen LogP contribution in [0.5, 0.6) is 0 Å². The predicted molar refractivity (Wildman–Crippen MR) is 97.7 cm³/mol. The van der Waals surface area contributed by atoms with Crippen molar-refractivity contribution in [1.29, 1.82) is 0 Å². The maximum absolute atomic E-state index is 4.69. The van der Waals surface area contributed by atoms with Crippen LogP contribution in [0.4, 0.5) is 0 Å². The molecule has 0 N–H and O–H groups in total. The van der Waals surface area contributed by atoms with Gasteiger partial charge in [-0.15, -0.1) is 0 Å². The smallest absolute Gasteiger partial charge is 0.0733 e. The molecule has 1 aliphatic rings. The Kier molecular flexibility index (Phi) is 4.57. The van der Waals surface area contributed by atoms with Gasteiger partial charge >= 0.3 is 0 Å². The van der Waals surface area contributed by atoms with E-state index in [9.17, 15) is 0 Å². The predicted octanol–water partition coefficient (Wildman–Crippen LogP) is 3.60. The van der Waals surface area contributed by atoms with Gasteiger partial charge in [0.15, 0.2) is 0 Å². The molecule has 0 aliphatic carbocycles. The molecule has 0 saturated carbocycles. The summed E-state index contributed by atoms with van der Waals surface area (Å²) in [4.78, 5) is 11.5. The summed E-state index contributed by atoms with van der Waals surface area (Å²) in [6, 6.07) is 8.94. The second-order valence-corrected chi connectivity index (χ2v) is 6.72. The lowest BCUT2D eigenvalue weighted by molar-refractivity contribution is 0.140. The number of aromatic nitrogens is 4. The van der Waals surface area contributed by atoms with Gasteiger partial charge in [0, 0.05) is 50.0 Å². The zero-order valence-corrected chi connectivity index (χ0v) is 14.5. The molecule has 1 aliphatic heterocycles. The fourth-order valence-electron chi connectivity index (χ4n) is 3.61. The number of hydrogen-bond donors (Lipinski definition) is 0. The fraction of sp³-hybridized carbons (Fsp3) is 0.350. The molecule has 0 amide bonds. The molecular formula is C20H23N5. The number of piperidine rings is 1. The van der Waals surface area contributed by atoms with E-state index < -0.39 is 0 Å². The van der Waals surface area contributed by atoms with Crippen molar-refractivity contribution in [3.05, 3.63) is 66.4 Å². The van der Waals surface area contributed by atoms with Gasteiger partial charge in [-0.3, -0.25) is 19.5 Å². The highest BCUT2D eigenvalue weighted by molar-refractivity contribution is 5.56. The Bertz CT molecular complexity index is 810. The summed E-state index contributed by atoms with van der Waals surface area (Å²) >= 11 is 0. The molecular weight excluding hydrogens is 310 g/mol. The maximum atomic E-state index is 4.69. The fourth-order valence-corrected chi connectivity index (χ4v) is 3.61. The minimum Gasteiger partial charge on any atom is -0.292 e. The van der Waals surface area contributed by atoms with Crippen LogP contribution in [0.2, 0.25) is 0 Å². The van der Waals surface area contributed by atoms with Gasteiger partial charge in [0.1, 0.15) is 0 Å². The number of likely N-dealkylation sites (tertiary alicyclic amines) is 1. The van der Waals surface area contributed by atoms with E-state index >= 15 is 0 Å². The van der Waals surface area contributed by atoms with Gasteiger partial charge in [0.2, 0.25) is 0 Å². The number of hydrogen-bond acceptors (Lipinski definition) is 4. The highest BCUT2D eigenvalue weighted by Crippen LogP contribution is 2.32. The molecule has 4 rings (SSSR count). The van der Waals surface area contributed by atoms with Gasteiger partial charge < -0.3 is 0 Å². The maximum Gasteiger partial charge on any atom is 0.0733 e. The highest BCUT2D eigenvalue weighted by Gasteiger charge is 2.24. The second-order valence-electron chi connectivity index (χ2n) is 6.72. The third kappa shape index (κ3) is 3.61. The normalized spacial score (nSPS) is 18.4. The van der Waals surface area contributed by atoms with Crippen LogP contribution in [-0.4, -0.2) is 31.2 Å². The molecule has 0 spiro atoms. The van der Waals surface area contributed by atoms with Crippen molar-refractivity contribution in [3.8, 4) is 11.3 Å². The van der Waals surface area contributed by atoms with E-state index in [2.05, 4.69) is 38.2 Å². The Hall–Kier alpha value is -2.53. The second kappa shape index (κ2) is 7.15. The Morgan fingerprint density at radius 1 is 1.12 bits per heavy atom. The third-order valence-electron chi connectivity index (χ3n) is 4.89. The molecule has 1 saturated heterocycles. The average molecular weight is 333 g/mol. The minimum absolute atomic E-state index is 0.435. The number of rotatable bonds is 4. The van der Waals surface area contributed by atoms with Crippen LogP contribution < -0.4 is 0 Å². The van der Waals surface area contributed by atoms with Gasteiger partial charge in [-0.1, -0.05) is 18.6 Å². The Morgan fingerprint density at radius 2 is 2.08 bits per heavy atom. The van der Waals surface area contributed by atoms with Crippen LogP contribution in [0.1, 0.15) is 36.4 Å². The topological polar surface area (TPSA) is 46.8 Å². The first-order chi connectivity index (χ1) is 12.3. The first kappa shape index (κ1) is 16.0. The van der Waals surface area contributed by atoms with E-state index in [1.807, 2.05) is 48.8 Å². The lowest BCUT2D eigenvalue weighted by Gasteiger charge is -2.36. The summed E-state index contributed by atoms with van der Waals surface area (Å²) in [7, 11) is 1.93. The lowest BCUT2D eigenvalue weighted by Crippen LogP contribution is -2.33. The molecule has 128 valence electrons. The van der Waals surface area contributed by atoms with E-state index in [0.29, 0.717) is 6.04 Å². The monoisotopic (exact) mass is 333 g/mol. The van der Waals surface area contributed by atoms with E-state index in [-0.39, 0.29) is 0 Å². The molecule has 0 bridgehead atoms. The zero-order valence-electron chi connectivity index (χ0n) is 14.5. The Balaban J connectivity index is 1.54. The molecule has 0 radical (unpaired) electrons. The standard InChI is InChI=1S/C20H23N5/c1-24-15-18(13-23-24)19-8-7-17(12-22-19)20-6-2-3-10-25(20)14-16-5-4-9-21-11-16/h4-5,7-9,11-13,15,20H,2-3,6,10,14H2,1H3/t20-/m0/s1. The van der Waals surface area contributed by atoms with E-state index in [1.165, 1.54) is 30.4 Å². The van der Waals surface area contributed by atoms with Crippen molar-refractivity contribution < 1.29 is 0 Å². The molecule has 3 aromatic rings. The van der Waals surface area contributed by atoms with Gasteiger partial charge in [-0.25, -0.2) is 0 Å². The van der Waals surface area contributed by atoms with Gasteiger partial charge in [-0.05, 0) is 42.6 Å². The summed E-state index contributed by atoms with van der Waals surface area (Å²) in [5.74, 6) is 0. The molecule has 5 heteroatoms. The highest BCUT2D eigenvalue weighted by atomic mass is 15.2. The van der Waals surface area contributed by atoms with E-state index in [4.69, 9.17) is 0 Å². The molecule has 0 unspecified atom stereocenters. The third-order valence-corrected chi connectivity index (χ3v) is 4.89. The molecule has 1 fully saturated rings. The molecule has 4 heterocycles. The van der Waals surface area contributed by atoms with Gasteiger partial charge in [-0.2, -0.15) is 5.10 Å². The number of pyridine rings is 2. The molecule has 1 atom stereocenters. The first-order valence-electron chi connectivity index (χ1n) is 8.87. The molecule has 3 aromatic heterocycles. The van der Waals surface area contributed by atoms with Crippen molar-refractivity contribution in [2.24, 2.45) is 7.05 Å². The van der Waals surface area contributed by atoms with Gasteiger partial charge in [0.05, 0.1) is 11.9 Å². The van der Waals surface area contributed by atoms with Crippen LogP contribution in [0, 0.1) is 0 Å². The summed E-state index contributed by atoms with van der Waals surface area (Å²) in [5, 5.41) is 4.23. The summed E-state index contributed by atoms with van der Waals surface area (Å²) < 4.78 is 1.81. The SMILES string of the molecule is Cn1cc(-c2ccc([C@@H]3CCCCN3Cc3cccnc3)cn2)cn1. The van der Waals surface area contributed by atoms with Crippen LogP contribution in [0.15, 0.2) is 55.2 Å². The van der Waals surface area contributed by atoms with Crippen LogP contribution in [0.3, 0.4) is 0 Å². The van der Waals surface area contributed by atoms with Crippen molar-refractivity contribution in [2.45, 2.75) is 31.8 Å². The van der Waals surface area contributed by atoms with Crippen LogP contribution >= 0.6 is 0 Å². The number of nitrogens with zero attached hydrogens (tertiary/aromatic N) is 5. The quantitative estimate of drug-likeness (QED) is 0.732. The van der Waals surface area contributed by atoms with Crippen molar-refractivity contribution in [1.82, 2.24) is 24.6 Å². The largest absolute Gasteiger partial charge is 0.292 e. The zero-order chi connectivity index (χ0) is 17.1. The lowest BCUT2D eigenvalue weighted by atomic mass is 9.95. The van der Waals surface area contributed by atoms with Crippen molar-refractivity contribution in [2.75, 3.05) is 6.54 Å². The van der Waals surface area contributed by atoms with Crippen molar-refractivity contribution in [3.63, 3.8) is 0 Å². The molecule has 25 heavy (non-hydrogen) atoms. The van der Waals surface area contributed by atoms with Crippen LogP contribution in [-0.2, 0) is 13.6 Å². The Morgan fingerprint density at radius 3 is 2.80 bits per heavy atom. The average Bonchev–Trinajstić information content (AvgIpc) is 3.10. The summed E-state index contributed by atoms with van der Waals surface area (Å²) in [6.07, 6.45) is 13.4. The molecule has 5 nitrogen and oxygen atoms in total. The van der Waals surface area contributed by atoms with E-state index in [1.54, 1.807) is 0 Å². The number of aryl methyl sites for hydroxylation is 1.